The summed E-state index contributed by atoms with van der Waals surface area (Å²) in [6.45, 7) is 0. The maximum absolute atomic E-state index is 12.6. The van der Waals surface area contributed by atoms with Crippen molar-refractivity contribution in [3.05, 3.63) is 26.9 Å². The van der Waals surface area contributed by atoms with Gasteiger partial charge in [0.15, 0.2) is 0 Å². The van der Waals surface area contributed by atoms with Crippen LogP contribution in [0.1, 0.15) is 17.6 Å². The zero-order chi connectivity index (χ0) is 11.6. The van der Waals surface area contributed by atoms with Gasteiger partial charge in [-0.15, -0.1) is 0 Å². The summed E-state index contributed by atoms with van der Waals surface area (Å²) in [6.07, 6.45) is -2.17. The van der Waals surface area contributed by atoms with Crippen molar-refractivity contribution in [3.63, 3.8) is 0 Å². The highest BCUT2D eigenvalue weighted by Crippen LogP contribution is 2.33. The van der Waals surface area contributed by atoms with Gasteiger partial charge >= 0.3 is 5.97 Å². The van der Waals surface area contributed by atoms with Crippen LogP contribution in [0, 0.1) is 0 Å². The Balaban J connectivity index is 3.31. The summed E-state index contributed by atoms with van der Waals surface area (Å²) < 4.78 is 25.4. The van der Waals surface area contributed by atoms with Crippen molar-refractivity contribution in [1.82, 2.24) is 4.98 Å². The Bertz CT molecular complexity index is 400. The summed E-state index contributed by atoms with van der Waals surface area (Å²) >= 11 is 8.44. The number of hydrogen-bond acceptors (Lipinski definition) is 2. The van der Waals surface area contributed by atoms with Crippen molar-refractivity contribution in [3.8, 4) is 0 Å². The van der Waals surface area contributed by atoms with Gasteiger partial charge in [-0.2, -0.15) is 0 Å². The Morgan fingerprint density at radius 1 is 1.67 bits per heavy atom. The maximum Gasteiger partial charge on any atom is 0.307 e. The average Bonchev–Trinajstić information content (AvgIpc) is 2.10. The fraction of sp³-hybridized carbons (Fsp3) is 0.250. The quantitative estimate of drug-likeness (QED) is 0.873. The Hall–Kier alpha value is -0.750. The standard InChI is InChI=1S/C8H5BrClF2NO2/c9-4-2-13-7(10)6(8(11)12)3(4)1-5(14)15/h2,8H,1H2,(H,14,15). The lowest BCUT2D eigenvalue weighted by Gasteiger charge is -2.10. The molecule has 0 atom stereocenters. The first-order valence-corrected chi connectivity index (χ1v) is 4.93. The third-order valence-corrected chi connectivity index (χ3v) is 2.66. The fourth-order valence-electron chi connectivity index (χ4n) is 1.07. The van der Waals surface area contributed by atoms with Gasteiger partial charge < -0.3 is 5.11 Å². The summed E-state index contributed by atoms with van der Waals surface area (Å²) in [5, 5.41) is 8.19. The molecule has 0 aromatic carbocycles. The third kappa shape index (κ3) is 2.85. The van der Waals surface area contributed by atoms with Crippen LogP contribution in [0.2, 0.25) is 5.15 Å². The number of nitrogens with zero attached hydrogens (tertiary/aromatic N) is 1. The molecule has 0 aliphatic carbocycles. The average molecular weight is 300 g/mol. The van der Waals surface area contributed by atoms with Gasteiger partial charge in [-0.05, 0) is 21.5 Å². The van der Waals surface area contributed by atoms with Crippen LogP contribution in [-0.2, 0) is 11.2 Å². The van der Waals surface area contributed by atoms with Crippen molar-refractivity contribution >= 4 is 33.5 Å². The number of hydrogen-bond donors (Lipinski definition) is 1. The monoisotopic (exact) mass is 299 g/mol. The number of carboxylic acid groups (broad SMARTS) is 1. The molecule has 0 saturated heterocycles. The van der Waals surface area contributed by atoms with E-state index in [0.717, 1.165) is 0 Å². The predicted octanol–water partition coefficient (Wildman–Crippen LogP) is 3.06. The first kappa shape index (κ1) is 12.3. The molecular formula is C8H5BrClF2NO2. The third-order valence-electron chi connectivity index (χ3n) is 1.67. The SMILES string of the molecule is O=C(O)Cc1c(Br)cnc(Cl)c1C(F)F. The minimum atomic E-state index is -2.85. The number of alkyl halides is 2. The molecule has 15 heavy (non-hydrogen) atoms. The lowest BCUT2D eigenvalue weighted by Crippen LogP contribution is -2.06. The second kappa shape index (κ2) is 4.85. The Morgan fingerprint density at radius 3 is 2.73 bits per heavy atom. The van der Waals surface area contributed by atoms with Crippen molar-refractivity contribution in [2.45, 2.75) is 12.8 Å². The lowest BCUT2D eigenvalue weighted by molar-refractivity contribution is -0.136. The van der Waals surface area contributed by atoms with Crippen molar-refractivity contribution < 1.29 is 18.7 Å². The first-order chi connectivity index (χ1) is 6.93. The zero-order valence-corrected chi connectivity index (χ0v) is 9.52. The minimum absolute atomic E-state index is 0.0440. The summed E-state index contributed by atoms with van der Waals surface area (Å²) in [5.41, 5.74) is -0.578. The highest BCUT2D eigenvalue weighted by molar-refractivity contribution is 9.10. The smallest absolute Gasteiger partial charge is 0.307 e. The molecule has 1 aromatic rings. The van der Waals surface area contributed by atoms with Crippen LogP contribution in [0.3, 0.4) is 0 Å². The normalized spacial score (nSPS) is 10.7. The molecular weight excluding hydrogens is 295 g/mol. The van der Waals surface area contributed by atoms with Crippen LogP contribution >= 0.6 is 27.5 Å². The van der Waals surface area contributed by atoms with Gasteiger partial charge in [0.25, 0.3) is 6.43 Å². The molecule has 0 amide bonds. The number of carbonyl (C=O) groups is 1. The number of aromatic nitrogens is 1. The van der Waals surface area contributed by atoms with Gasteiger partial charge in [0.05, 0.1) is 12.0 Å². The first-order valence-electron chi connectivity index (χ1n) is 3.76. The number of carboxylic acids is 1. The Morgan fingerprint density at radius 2 is 2.27 bits per heavy atom. The molecule has 0 bridgehead atoms. The van der Waals surface area contributed by atoms with E-state index < -0.39 is 24.4 Å². The van der Waals surface area contributed by atoms with E-state index in [9.17, 15) is 13.6 Å². The molecule has 1 aromatic heterocycles. The topological polar surface area (TPSA) is 50.2 Å². The molecule has 0 aliphatic rings. The van der Waals surface area contributed by atoms with Crippen molar-refractivity contribution in [1.29, 1.82) is 0 Å². The molecule has 3 nitrogen and oxygen atoms in total. The molecule has 0 aliphatic heterocycles. The zero-order valence-electron chi connectivity index (χ0n) is 7.18. The second-order valence-electron chi connectivity index (χ2n) is 2.66. The van der Waals surface area contributed by atoms with E-state index in [1.165, 1.54) is 6.20 Å². The summed E-state index contributed by atoms with van der Waals surface area (Å²) in [6, 6.07) is 0. The Labute approximate surface area is 97.2 Å². The van der Waals surface area contributed by atoms with E-state index in [4.69, 9.17) is 16.7 Å². The largest absolute Gasteiger partial charge is 0.481 e. The van der Waals surface area contributed by atoms with Crippen LogP contribution in [-0.4, -0.2) is 16.1 Å². The van der Waals surface area contributed by atoms with Gasteiger partial charge in [0.1, 0.15) is 5.15 Å². The van der Waals surface area contributed by atoms with E-state index in [1.54, 1.807) is 0 Å². The lowest BCUT2D eigenvalue weighted by atomic mass is 10.1. The van der Waals surface area contributed by atoms with Gasteiger partial charge in [0.2, 0.25) is 0 Å². The molecule has 7 heteroatoms. The predicted molar refractivity (Wildman–Crippen MR) is 53.2 cm³/mol. The van der Waals surface area contributed by atoms with E-state index in [-0.39, 0.29) is 15.2 Å². The van der Waals surface area contributed by atoms with Crippen LogP contribution < -0.4 is 0 Å². The summed E-state index contributed by atoms with van der Waals surface area (Å²) in [4.78, 5) is 14.0. The molecule has 82 valence electrons. The summed E-state index contributed by atoms with van der Waals surface area (Å²) in [7, 11) is 0. The van der Waals surface area contributed by atoms with Gasteiger partial charge in [-0.3, -0.25) is 4.79 Å². The van der Waals surface area contributed by atoms with E-state index in [1.807, 2.05) is 0 Å². The molecule has 0 unspecified atom stereocenters. The second-order valence-corrected chi connectivity index (χ2v) is 3.87. The van der Waals surface area contributed by atoms with Crippen LogP contribution in [0.5, 0.6) is 0 Å². The number of aliphatic carboxylic acids is 1. The molecule has 1 N–H and O–H groups in total. The number of rotatable bonds is 3. The van der Waals surface area contributed by atoms with E-state index >= 15 is 0 Å². The van der Waals surface area contributed by atoms with Crippen LogP contribution in [0.25, 0.3) is 0 Å². The highest BCUT2D eigenvalue weighted by Gasteiger charge is 2.22. The van der Waals surface area contributed by atoms with Crippen LogP contribution in [0.15, 0.2) is 10.7 Å². The highest BCUT2D eigenvalue weighted by atomic mass is 79.9. The van der Waals surface area contributed by atoms with E-state index in [2.05, 4.69) is 20.9 Å². The maximum atomic E-state index is 12.6. The van der Waals surface area contributed by atoms with Gasteiger partial charge in [-0.1, -0.05) is 11.6 Å². The van der Waals surface area contributed by atoms with Crippen molar-refractivity contribution in [2.24, 2.45) is 0 Å². The van der Waals surface area contributed by atoms with Gasteiger partial charge in [0, 0.05) is 10.7 Å². The fourth-order valence-corrected chi connectivity index (χ4v) is 1.77. The summed E-state index contributed by atoms with van der Waals surface area (Å²) in [5.74, 6) is -1.21. The molecule has 1 heterocycles. The number of pyridine rings is 1. The Kier molecular flexibility index (Phi) is 3.98. The molecule has 0 radical (unpaired) electrons. The number of halogens is 4. The molecule has 0 fully saturated rings. The van der Waals surface area contributed by atoms with Crippen molar-refractivity contribution in [2.75, 3.05) is 0 Å². The molecule has 0 saturated carbocycles. The van der Waals surface area contributed by atoms with Crippen LogP contribution in [0.4, 0.5) is 8.78 Å². The molecule has 1 rings (SSSR count). The minimum Gasteiger partial charge on any atom is -0.481 e. The molecule has 0 spiro atoms. The van der Waals surface area contributed by atoms with Gasteiger partial charge in [-0.25, -0.2) is 13.8 Å². The van der Waals surface area contributed by atoms with E-state index in [0.29, 0.717) is 0 Å².